The Bertz CT molecular complexity index is 482. The number of benzene rings is 1. The molecule has 0 atom stereocenters. The molecule has 1 aliphatic heterocycles. The third-order valence-corrected chi connectivity index (χ3v) is 4.92. The van der Waals surface area contributed by atoms with E-state index in [1.54, 1.807) is 13.8 Å². The highest BCUT2D eigenvalue weighted by atomic mass is 32.2. The minimum Gasteiger partial charge on any atom is -0.434 e. The first-order chi connectivity index (χ1) is 10.4. The second-order valence-electron chi connectivity index (χ2n) is 5.88. The molecule has 22 heavy (non-hydrogen) atoms. The molecule has 0 radical (unpaired) electrons. The van der Waals surface area contributed by atoms with E-state index in [1.807, 2.05) is 23.9 Å². The number of alkyl halides is 2. The molecule has 0 amide bonds. The minimum absolute atomic E-state index is 0.252. The van der Waals surface area contributed by atoms with Crippen LogP contribution in [0, 0.1) is 13.8 Å². The lowest BCUT2D eigenvalue weighted by Gasteiger charge is -2.32. The number of hydrogen-bond donors (Lipinski definition) is 2. The van der Waals surface area contributed by atoms with Gasteiger partial charge in [0.05, 0.1) is 5.60 Å². The summed E-state index contributed by atoms with van der Waals surface area (Å²) in [6.45, 7) is 1.88. The maximum atomic E-state index is 12.4. The molecule has 1 aromatic rings. The van der Waals surface area contributed by atoms with Gasteiger partial charge >= 0.3 is 6.61 Å². The number of aliphatic hydroxyl groups is 1. The van der Waals surface area contributed by atoms with Crippen LogP contribution in [0.4, 0.5) is 8.78 Å². The lowest BCUT2D eigenvalue weighted by atomic mass is 9.96. The highest BCUT2D eigenvalue weighted by Gasteiger charge is 2.28. The zero-order valence-corrected chi connectivity index (χ0v) is 13.8. The molecule has 0 saturated carbocycles. The first kappa shape index (κ1) is 17.5. The summed E-state index contributed by atoms with van der Waals surface area (Å²) < 4.78 is 29.3. The van der Waals surface area contributed by atoms with Crippen LogP contribution in [0.1, 0.15) is 29.5 Å². The van der Waals surface area contributed by atoms with Gasteiger partial charge in [0.1, 0.15) is 5.75 Å². The van der Waals surface area contributed by atoms with Crippen LogP contribution in [0.15, 0.2) is 12.1 Å². The van der Waals surface area contributed by atoms with Crippen LogP contribution >= 0.6 is 11.8 Å². The van der Waals surface area contributed by atoms with E-state index in [1.165, 1.54) is 0 Å². The Labute approximate surface area is 134 Å². The average Bonchev–Trinajstić information content (AvgIpc) is 2.43. The lowest BCUT2D eigenvalue weighted by Crippen LogP contribution is -2.43. The zero-order chi connectivity index (χ0) is 16.2. The number of halogens is 2. The standard InChI is InChI=1S/C16H23F2NO2S/c1-11-7-13(8-12(2)14(11)21-15(17)18)9-19-10-16(20)3-5-22-6-4-16/h7-8,15,19-20H,3-6,9-10H2,1-2H3. The van der Waals surface area contributed by atoms with Gasteiger partial charge in [0.15, 0.2) is 0 Å². The lowest BCUT2D eigenvalue weighted by molar-refractivity contribution is -0.0507. The molecule has 0 aliphatic carbocycles. The molecule has 1 aromatic carbocycles. The summed E-state index contributed by atoms with van der Waals surface area (Å²) in [5.74, 6) is 2.24. The van der Waals surface area contributed by atoms with Crippen LogP contribution in [-0.4, -0.2) is 35.4 Å². The molecule has 1 fully saturated rings. The molecule has 1 heterocycles. The maximum Gasteiger partial charge on any atom is 0.387 e. The molecular weight excluding hydrogens is 308 g/mol. The molecule has 2 rings (SSSR count). The molecule has 1 aliphatic rings. The van der Waals surface area contributed by atoms with Crippen molar-refractivity contribution in [1.29, 1.82) is 0 Å². The maximum absolute atomic E-state index is 12.4. The number of ether oxygens (including phenoxy) is 1. The number of nitrogens with one attached hydrogen (secondary N) is 1. The summed E-state index contributed by atoms with van der Waals surface area (Å²) in [6, 6.07) is 3.69. The third kappa shape index (κ3) is 4.83. The van der Waals surface area contributed by atoms with Gasteiger partial charge in [-0.15, -0.1) is 0 Å². The fraction of sp³-hybridized carbons (Fsp3) is 0.625. The Kier molecular flexibility index (Phi) is 6.06. The second kappa shape index (κ2) is 7.62. The molecule has 2 N–H and O–H groups in total. The van der Waals surface area contributed by atoms with E-state index in [2.05, 4.69) is 10.1 Å². The summed E-state index contributed by atoms with van der Waals surface area (Å²) in [7, 11) is 0. The summed E-state index contributed by atoms with van der Waals surface area (Å²) in [5, 5.41) is 13.7. The largest absolute Gasteiger partial charge is 0.434 e. The van der Waals surface area contributed by atoms with E-state index < -0.39 is 12.2 Å². The van der Waals surface area contributed by atoms with Gasteiger partial charge in [-0.25, -0.2) is 0 Å². The van der Waals surface area contributed by atoms with E-state index in [9.17, 15) is 13.9 Å². The van der Waals surface area contributed by atoms with Crippen molar-refractivity contribution in [2.45, 2.75) is 45.4 Å². The van der Waals surface area contributed by atoms with Crippen molar-refractivity contribution < 1.29 is 18.6 Å². The zero-order valence-electron chi connectivity index (χ0n) is 13.0. The smallest absolute Gasteiger partial charge is 0.387 e. The highest BCUT2D eigenvalue weighted by molar-refractivity contribution is 7.99. The van der Waals surface area contributed by atoms with Crippen molar-refractivity contribution in [3.63, 3.8) is 0 Å². The molecule has 0 bridgehead atoms. The molecule has 3 nitrogen and oxygen atoms in total. The van der Waals surface area contributed by atoms with Gasteiger partial charge in [-0.05, 0) is 54.9 Å². The predicted octanol–water partition coefficient (Wildman–Crippen LogP) is 3.25. The van der Waals surface area contributed by atoms with E-state index in [-0.39, 0.29) is 5.75 Å². The normalized spacial score (nSPS) is 17.7. The summed E-state index contributed by atoms with van der Waals surface area (Å²) in [4.78, 5) is 0. The number of aryl methyl sites for hydroxylation is 2. The Hall–Kier alpha value is -0.850. The van der Waals surface area contributed by atoms with Gasteiger partial charge in [0.2, 0.25) is 0 Å². The number of thioether (sulfide) groups is 1. The first-order valence-corrected chi connectivity index (χ1v) is 8.61. The fourth-order valence-corrected chi connectivity index (χ4v) is 4.04. The van der Waals surface area contributed by atoms with Gasteiger partial charge in [-0.1, -0.05) is 12.1 Å². The fourth-order valence-electron chi connectivity index (χ4n) is 2.78. The summed E-state index contributed by atoms with van der Waals surface area (Å²) >= 11 is 1.87. The van der Waals surface area contributed by atoms with Gasteiger partial charge in [0.25, 0.3) is 0 Å². The summed E-state index contributed by atoms with van der Waals surface area (Å²) in [5.41, 5.74) is 1.79. The molecule has 124 valence electrons. The van der Waals surface area contributed by atoms with Crippen molar-refractivity contribution >= 4 is 11.8 Å². The van der Waals surface area contributed by atoms with Crippen molar-refractivity contribution in [2.75, 3.05) is 18.1 Å². The Balaban J connectivity index is 1.93. The Morgan fingerprint density at radius 1 is 1.27 bits per heavy atom. The van der Waals surface area contributed by atoms with Gasteiger partial charge in [0, 0.05) is 13.1 Å². The topological polar surface area (TPSA) is 41.5 Å². The molecule has 0 spiro atoms. The monoisotopic (exact) mass is 331 g/mol. The van der Waals surface area contributed by atoms with Crippen LogP contribution in [0.2, 0.25) is 0 Å². The van der Waals surface area contributed by atoms with E-state index >= 15 is 0 Å². The Morgan fingerprint density at radius 2 is 1.86 bits per heavy atom. The van der Waals surface area contributed by atoms with Crippen LogP contribution in [0.5, 0.6) is 5.75 Å². The molecule has 6 heteroatoms. The highest BCUT2D eigenvalue weighted by Crippen LogP contribution is 2.28. The molecule has 0 aromatic heterocycles. The SMILES string of the molecule is Cc1cc(CNCC2(O)CCSCC2)cc(C)c1OC(F)F. The quantitative estimate of drug-likeness (QED) is 0.840. The van der Waals surface area contributed by atoms with Crippen molar-refractivity contribution in [3.8, 4) is 5.75 Å². The predicted molar refractivity (Wildman–Crippen MR) is 85.8 cm³/mol. The van der Waals surface area contributed by atoms with Crippen molar-refractivity contribution in [2.24, 2.45) is 0 Å². The van der Waals surface area contributed by atoms with Crippen molar-refractivity contribution in [3.05, 3.63) is 28.8 Å². The molecular formula is C16H23F2NO2S. The van der Waals surface area contributed by atoms with Gasteiger partial charge in [-0.2, -0.15) is 20.5 Å². The van der Waals surface area contributed by atoms with Crippen LogP contribution in [0.3, 0.4) is 0 Å². The van der Waals surface area contributed by atoms with Crippen LogP contribution in [-0.2, 0) is 6.54 Å². The molecule has 1 saturated heterocycles. The van der Waals surface area contributed by atoms with Crippen molar-refractivity contribution in [1.82, 2.24) is 5.32 Å². The minimum atomic E-state index is -2.81. The van der Waals surface area contributed by atoms with E-state index in [4.69, 9.17) is 0 Å². The van der Waals surface area contributed by atoms with Crippen LogP contribution < -0.4 is 10.1 Å². The number of hydrogen-bond acceptors (Lipinski definition) is 4. The average molecular weight is 331 g/mol. The van der Waals surface area contributed by atoms with Gasteiger partial charge < -0.3 is 15.2 Å². The number of rotatable bonds is 6. The Morgan fingerprint density at radius 3 is 2.41 bits per heavy atom. The van der Waals surface area contributed by atoms with E-state index in [0.29, 0.717) is 24.2 Å². The first-order valence-electron chi connectivity index (χ1n) is 7.45. The third-order valence-electron chi connectivity index (χ3n) is 3.93. The molecule has 0 unspecified atom stereocenters. The summed E-state index contributed by atoms with van der Waals surface area (Å²) in [6.07, 6.45) is 1.62. The second-order valence-corrected chi connectivity index (χ2v) is 7.10. The van der Waals surface area contributed by atoms with Crippen LogP contribution in [0.25, 0.3) is 0 Å². The van der Waals surface area contributed by atoms with Gasteiger partial charge in [-0.3, -0.25) is 0 Å². The van der Waals surface area contributed by atoms with E-state index in [0.717, 1.165) is 29.9 Å².